The van der Waals surface area contributed by atoms with Crippen LogP contribution in [0.15, 0.2) is 35.5 Å². The molecule has 1 rings (SSSR count). The second kappa shape index (κ2) is 8.77. The van der Waals surface area contributed by atoms with Gasteiger partial charge in [-0.25, -0.2) is 4.57 Å². The number of para-hydroxylation sites is 1. The predicted molar refractivity (Wildman–Crippen MR) is 78.6 cm³/mol. The molecule has 1 aromatic rings. The highest BCUT2D eigenvalue weighted by atomic mass is 32.7. The van der Waals surface area contributed by atoms with Crippen molar-refractivity contribution in [3.63, 3.8) is 0 Å². The molecule has 0 unspecified atom stereocenters. The molecule has 8 heteroatoms. The SMILES string of the molecule is CCOP(=O)(OCC)S/C(C#N)=N\Oc1ccccc1. The summed E-state index contributed by atoms with van der Waals surface area (Å²) in [5.74, 6) is 0.475. The molecule has 0 aromatic heterocycles. The molecule has 0 aliphatic heterocycles. The smallest absolute Gasteiger partial charge is 0.355 e. The zero-order valence-corrected chi connectivity index (χ0v) is 12.9. The monoisotopic (exact) mass is 314 g/mol. The molecule has 0 amide bonds. The lowest BCUT2D eigenvalue weighted by Crippen LogP contribution is -1.98. The summed E-state index contributed by atoms with van der Waals surface area (Å²) in [4.78, 5) is 5.07. The van der Waals surface area contributed by atoms with E-state index in [4.69, 9.17) is 19.1 Å². The summed E-state index contributed by atoms with van der Waals surface area (Å²) in [6.45, 7) is 0.373. The Kier molecular flexibility index (Phi) is 7.34. The molecule has 0 radical (unpaired) electrons. The molecule has 0 bridgehead atoms. The maximum Gasteiger partial charge on any atom is 0.396 e. The summed E-state index contributed by atoms with van der Waals surface area (Å²) in [5, 5.41) is 12.5. The van der Waals surface area contributed by atoms with Gasteiger partial charge in [0.15, 0.2) is 5.75 Å². The molecular weight excluding hydrogens is 299 g/mol. The van der Waals surface area contributed by atoms with Crippen LogP contribution in [0.4, 0.5) is 0 Å². The molecule has 6 nitrogen and oxygen atoms in total. The average Bonchev–Trinajstić information content (AvgIpc) is 2.45. The van der Waals surface area contributed by atoms with Crippen LogP contribution in [-0.4, -0.2) is 18.3 Å². The van der Waals surface area contributed by atoms with Crippen LogP contribution in [0.1, 0.15) is 13.8 Å². The Morgan fingerprint density at radius 3 is 2.40 bits per heavy atom. The van der Waals surface area contributed by atoms with Gasteiger partial charge >= 0.3 is 6.80 Å². The maximum atomic E-state index is 12.2. The number of benzene rings is 1. The van der Waals surface area contributed by atoms with Crippen LogP contribution in [0.2, 0.25) is 0 Å². The van der Waals surface area contributed by atoms with Gasteiger partial charge in [-0.1, -0.05) is 23.4 Å². The first-order valence-corrected chi connectivity index (χ1v) is 8.88. The van der Waals surface area contributed by atoms with Crippen molar-refractivity contribution in [3.8, 4) is 11.8 Å². The third-order valence-corrected chi connectivity index (χ3v) is 5.38. The molecular formula is C12H15N2O4PS. The first-order valence-electron chi connectivity index (χ1n) is 5.92. The Bertz CT molecular complexity index is 520. The lowest BCUT2D eigenvalue weighted by Gasteiger charge is -2.14. The highest BCUT2D eigenvalue weighted by Gasteiger charge is 2.28. The predicted octanol–water partition coefficient (Wildman–Crippen LogP) is 3.82. The second-order valence-electron chi connectivity index (χ2n) is 3.29. The van der Waals surface area contributed by atoms with Crippen molar-refractivity contribution in [2.75, 3.05) is 13.2 Å². The van der Waals surface area contributed by atoms with Crippen LogP contribution >= 0.6 is 18.2 Å². The first-order chi connectivity index (χ1) is 9.63. The van der Waals surface area contributed by atoms with Crippen molar-refractivity contribution in [2.24, 2.45) is 5.16 Å². The molecule has 1 aromatic carbocycles. The largest absolute Gasteiger partial charge is 0.396 e. The Balaban J connectivity index is 2.75. The van der Waals surface area contributed by atoms with Gasteiger partial charge in [0, 0.05) is 11.4 Å². The van der Waals surface area contributed by atoms with Crippen molar-refractivity contribution >= 4 is 23.2 Å². The molecule has 0 aliphatic rings. The summed E-state index contributed by atoms with van der Waals surface area (Å²) in [6.07, 6.45) is 0. The first kappa shape index (κ1) is 16.7. The van der Waals surface area contributed by atoms with Gasteiger partial charge in [0.25, 0.3) is 0 Å². The topological polar surface area (TPSA) is 80.9 Å². The molecule has 0 fully saturated rings. The van der Waals surface area contributed by atoms with E-state index in [-0.39, 0.29) is 18.3 Å². The molecule has 108 valence electrons. The van der Waals surface area contributed by atoms with Crippen LogP contribution in [0, 0.1) is 11.3 Å². The van der Waals surface area contributed by atoms with Gasteiger partial charge in [-0.2, -0.15) is 5.26 Å². The second-order valence-corrected chi connectivity index (χ2v) is 7.16. The lowest BCUT2D eigenvalue weighted by molar-refractivity contribution is 0.237. The molecule has 0 saturated carbocycles. The van der Waals surface area contributed by atoms with E-state index in [2.05, 4.69) is 5.16 Å². The van der Waals surface area contributed by atoms with Crippen molar-refractivity contribution in [2.45, 2.75) is 13.8 Å². The molecule has 20 heavy (non-hydrogen) atoms. The van der Waals surface area contributed by atoms with Gasteiger partial charge < -0.3 is 13.9 Å². The number of oxime groups is 1. The van der Waals surface area contributed by atoms with Gasteiger partial charge in [0.2, 0.25) is 5.04 Å². The van der Waals surface area contributed by atoms with Gasteiger partial charge in [0.05, 0.1) is 13.2 Å². The number of hydrogen-bond acceptors (Lipinski definition) is 7. The standard InChI is InChI=1S/C12H15N2O4PS/c1-3-16-19(15,17-4-2)20-12(10-13)14-18-11-8-6-5-7-9-11/h5-9H,3-4H2,1-2H3/b14-12-. The van der Waals surface area contributed by atoms with Crippen LogP contribution < -0.4 is 4.84 Å². The molecule has 0 spiro atoms. The van der Waals surface area contributed by atoms with E-state index in [0.29, 0.717) is 17.1 Å². The fraction of sp³-hybridized carbons (Fsp3) is 0.333. The van der Waals surface area contributed by atoms with Crippen molar-refractivity contribution in [1.29, 1.82) is 5.26 Å². The van der Waals surface area contributed by atoms with Crippen molar-refractivity contribution in [1.82, 2.24) is 0 Å². The third kappa shape index (κ3) is 5.76. The van der Waals surface area contributed by atoms with Crippen molar-refractivity contribution in [3.05, 3.63) is 30.3 Å². The van der Waals surface area contributed by atoms with Gasteiger partial charge in [-0.3, -0.25) is 0 Å². The number of hydrogen-bond donors (Lipinski definition) is 0. The van der Waals surface area contributed by atoms with Crippen LogP contribution in [0.3, 0.4) is 0 Å². The highest BCUT2D eigenvalue weighted by Crippen LogP contribution is 2.60. The third-order valence-electron chi connectivity index (χ3n) is 1.85. The van der Waals surface area contributed by atoms with E-state index < -0.39 is 6.80 Å². The van der Waals surface area contributed by atoms with E-state index in [1.165, 1.54) is 0 Å². The summed E-state index contributed by atoms with van der Waals surface area (Å²) in [5.41, 5.74) is 0. The van der Waals surface area contributed by atoms with E-state index in [0.717, 1.165) is 0 Å². The lowest BCUT2D eigenvalue weighted by atomic mass is 10.3. The maximum absolute atomic E-state index is 12.2. The zero-order chi connectivity index (χ0) is 14.8. The summed E-state index contributed by atoms with van der Waals surface area (Å²) in [7, 11) is 0. The van der Waals surface area contributed by atoms with Crippen LogP contribution in [0.5, 0.6) is 5.75 Å². The minimum atomic E-state index is -3.43. The highest BCUT2D eigenvalue weighted by molar-refractivity contribution is 8.62. The Hall–Kier alpha value is -1.32. The molecule has 0 atom stereocenters. The zero-order valence-electron chi connectivity index (χ0n) is 11.2. The number of rotatable bonds is 7. The number of nitrogens with zero attached hydrogens (tertiary/aromatic N) is 2. The van der Waals surface area contributed by atoms with Crippen molar-refractivity contribution < 1.29 is 18.5 Å². The van der Waals surface area contributed by atoms with Gasteiger partial charge in [0.1, 0.15) is 6.07 Å². The average molecular weight is 314 g/mol. The molecule has 0 heterocycles. The fourth-order valence-corrected chi connectivity index (χ4v) is 4.09. The van der Waals surface area contributed by atoms with E-state index in [1.807, 2.05) is 6.07 Å². The number of nitriles is 1. The van der Waals surface area contributed by atoms with Crippen LogP contribution in [-0.2, 0) is 13.6 Å². The van der Waals surface area contributed by atoms with Crippen LogP contribution in [0.25, 0.3) is 0 Å². The Morgan fingerprint density at radius 2 is 1.90 bits per heavy atom. The molecule has 0 N–H and O–H groups in total. The minimum Gasteiger partial charge on any atom is -0.355 e. The quantitative estimate of drug-likeness (QED) is 0.329. The normalized spacial score (nSPS) is 11.9. The van der Waals surface area contributed by atoms with E-state index in [9.17, 15) is 4.57 Å². The van der Waals surface area contributed by atoms with Gasteiger partial charge in [-0.05, 0) is 26.0 Å². The Labute approximate surface area is 122 Å². The Morgan fingerprint density at radius 1 is 1.30 bits per heavy atom. The van der Waals surface area contributed by atoms with E-state index >= 15 is 0 Å². The van der Waals surface area contributed by atoms with E-state index in [1.54, 1.807) is 44.2 Å². The molecule has 0 saturated heterocycles. The summed E-state index contributed by atoms with van der Waals surface area (Å²) < 4.78 is 22.4. The summed E-state index contributed by atoms with van der Waals surface area (Å²) in [6, 6.07) is 10.6. The summed E-state index contributed by atoms with van der Waals surface area (Å²) >= 11 is 0.636. The van der Waals surface area contributed by atoms with Gasteiger partial charge in [-0.15, -0.1) is 0 Å². The minimum absolute atomic E-state index is 0.126. The fourth-order valence-electron chi connectivity index (χ4n) is 1.15. The molecule has 0 aliphatic carbocycles.